The lowest BCUT2D eigenvalue weighted by molar-refractivity contribution is 0.0982. The van der Waals surface area contributed by atoms with Gasteiger partial charge in [-0.2, -0.15) is 5.10 Å². The predicted molar refractivity (Wildman–Crippen MR) is 76.8 cm³/mol. The molecule has 0 spiro atoms. The lowest BCUT2D eigenvalue weighted by Gasteiger charge is -2.16. The number of amides is 1. The molecule has 0 N–H and O–H groups in total. The average molecular weight is 288 g/mol. The van der Waals surface area contributed by atoms with Crippen molar-refractivity contribution in [3.63, 3.8) is 0 Å². The topological polar surface area (TPSA) is 51.0 Å². The molecule has 0 unspecified atom stereocenters. The lowest BCUT2D eigenvalue weighted by Crippen LogP contribution is -2.29. The number of anilines is 1. The zero-order valence-corrected chi connectivity index (χ0v) is 12.1. The first-order chi connectivity index (χ1) is 10.1. The minimum Gasteiger partial charge on any atom is -0.295 e. The fraction of sp³-hybridized carbons (Fsp3) is 0.400. The van der Waals surface area contributed by atoms with E-state index in [1.54, 1.807) is 11.7 Å². The van der Waals surface area contributed by atoms with Crippen molar-refractivity contribution >= 4 is 11.7 Å². The molecule has 1 aliphatic carbocycles. The van der Waals surface area contributed by atoms with Gasteiger partial charge in [-0.25, -0.2) is 9.37 Å². The maximum Gasteiger partial charge on any atom is 0.277 e. The summed E-state index contributed by atoms with van der Waals surface area (Å²) in [6.07, 6.45) is 3.39. The second kappa shape index (κ2) is 5.27. The highest BCUT2D eigenvalue weighted by Crippen LogP contribution is 2.39. The van der Waals surface area contributed by atoms with Crippen LogP contribution in [0, 0.1) is 5.82 Å². The minimum absolute atomic E-state index is 0.185. The van der Waals surface area contributed by atoms with E-state index in [1.165, 1.54) is 17.0 Å². The van der Waals surface area contributed by atoms with Gasteiger partial charge in [0.2, 0.25) is 0 Å². The van der Waals surface area contributed by atoms with E-state index in [0.717, 1.165) is 24.7 Å². The summed E-state index contributed by atoms with van der Waals surface area (Å²) in [6, 6.07) is 4.64. The summed E-state index contributed by atoms with van der Waals surface area (Å²) in [7, 11) is 1.63. The van der Waals surface area contributed by atoms with E-state index in [2.05, 4.69) is 10.1 Å². The first-order valence-electron chi connectivity index (χ1n) is 7.07. The Kier molecular flexibility index (Phi) is 3.45. The highest BCUT2D eigenvalue weighted by molar-refractivity contribution is 6.04. The fourth-order valence-corrected chi connectivity index (χ4v) is 2.27. The molecule has 5 nitrogen and oxygen atoms in total. The fourth-order valence-electron chi connectivity index (χ4n) is 2.27. The molecule has 2 aromatic heterocycles. The van der Waals surface area contributed by atoms with Gasteiger partial charge in [0.05, 0.1) is 11.9 Å². The summed E-state index contributed by atoms with van der Waals surface area (Å²) in [5.41, 5.74) is 1.54. The molecule has 2 heterocycles. The molecule has 0 bridgehead atoms. The molecule has 0 radical (unpaired) electrons. The molecule has 1 amide bonds. The number of rotatable bonds is 4. The Hall–Kier alpha value is -2.24. The number of pyridine rings is 1. The van der Waals surface area contributed by atoms with Gasteiger partial charge >= 0.3 is 0 Å². The second-order valence-electron chi connectivity index (χ2n) is 5.24. The van der Waals surface area contributed by atoms with Crippen LogP contribution < -0.4 is 4.90 Å². The quantitative estimate of drug-likeness (QED) is 0.869. The number of aromatic nitrogens is 3. The summed E-state index contributed by atoms with van der Waals surface area (Å²) in [4.78, 5) is 17.9. The van der Waals surface area contributed by atoms with Crippen LogP contribution in [0.4, 0.5) is 10.2 Å². The summed E-state index contributed by atoms with van der Waals surface area (Å²) >= 11 is 0. The first kappa shape index (κ1) is 13.7. The van der Waals surface area contributed by atoms with Crippen LogP contribution in [0.15, 0.2) is 24.4 Å². The zero-order valence-electron chi connectivity index (χ0n) is 12.1. The highest BCUT2D eigenvalue weighted by Gasteiger charge is 2.29. The summed E-state index contributed by atoms with van der Waals surface area (Å²) < 4.78 is 14.6. The molecule has 0 aliphatic heterocycles. The third-order valence-corrected chi connectivity index (χ3v) is 3.67. The third-order valence-electron chi connectivity index (χ3n) is 3.67. The van der Waals surface area contributed by atoms with Gasteiger partial charge < -0.3 is 0 Å². The standard InChI is InChI=1S/C15H17FN4O/c1-3-20-13(8-12(18-20)10-4-5-10)15(21)19(2)14-7-6-11(16)9-17-14/h6-10H,3-5H2,1-2H3. The Labute approximate surface area is 122 Å². The van der Waals surface area contributed by atoms with Crippen molar-refractivity contribution in [3.8, 4) is 0 Å². The Morgan fingerprint density at radius 1 is 1.48 bits per heavy atom. The van der Waals surface area contributed by atoms with Gasteiger partial charge in [0, 0.05) is 19.5 Å². The lowest BCUT2D eigenvalue weighted by atomic mass is 10.2. The van der Waals surface area contributed by atoms with Crippen molar-refractivity contribution in [2.45, 2.75) is 32.2 Å². The van der Waals surface area contributed by atoms with E-state index >= 15 is 0 Å². The average Bonchev–Trinajstić information content (AvgIpc) is 3.26. The van der Waals surface area contributed by atoms with Crippen LogP contribution in [0.1, 0.15) is 41.9 Å². The molecule has 3 rings (SSSR count). The van der Waals surface area contributed by atoms with E-state index < -0.39 is 5.82 Å². The Balaban J connectivity index is 1.88. The van der Waals surface area contributed by atoms with E-state index in [-0.39, 0.29) is 5.91 Å². The van der Waals surface area contributed by atoms with Crippen molar-refractivity contribution in [3.05, 3.63) is 41.6 Å². The van der Waals surface area contributed by atoms with E-state index in [1.807, 2.05) is 13.0 Å². The molecule has 6 heteroatoms. The molecule has 0 saturated heterocycles. The Morgan fingerprint density at radius 3 is 2.81 bits per heavy atom. The molecule has 1 aliphatic rings. The number of carbonyl (C=O) groups excluding carboxylic acids is 1. The highest BCUT2D eigenvalue weighted by atomic mass is 19.1. The van der Waals surface area contributed by atoms with Gasteiger partial charge in [0.25, 0.3) is 5.91 Å². The number of nitrogens with zero attached hydrogens (tertiary/aromatic N) is 4. The van der Waals surface area contributed by atoms with E-state index in [4.69, 9.17) is 0 Å². The predicted octanol–water partition coefficient (Wildman–Crippen LogP) is 2.59. The molecular formula is C15H17FN4O. The first-order valence-corrected chi connectivity index (χ1v) is 7.07. The molecule has 1 fully saturated rings. The summed E-state index contributed by atoms with van der Waals surface area (Å²) in [5.74, 6) is 0.307. The molecule has 0 aromatic carbocycles. The van der Waals surface area contributed by atoms with Gasteiger partial charge in [-0.15, -0.1) is 0 Å². The van der Waals surface area contributed by atoms with Crippen LogP contribution in [0.25, 0.3) is 0 Å². The van der Waals surface area contributed by atoms with Gasteiger partial charge in [0.1, 0.15) is 17.3 Å². The second-order valence-corrected chi connectivity index (χ2v) is 5.24. The zero-order chi connectivity index (χ0) is 15.0. The van der Waals surface area contributed by atoms with Crippen molar-refractivity contribution in [1.29, 1.82) is 0 Å². The molecule has 21 heavy (non-hydrogen) atoms. The maximum absolute atomic E-state index is 12.9. The number of halogens is 1. The number of carbonyl (C=O) groups is 1. The van der Waals surface area contributed by atoms with E-state index in [0.29, 0.717) is 24.0 Å². The van der Waals surface area contributed by atoms with Crippen LogP contribution >= 0.6 is 0 Å². The van der Waals surface area contributed by atoms with Crippen LogP contribution in [0.5, 0.6) is 0 Å². The monoisotopic (exact) mass is 288 g/mol. The normalized spacial score (nSPS) is 14.2. The molecule has 2 aromatic rings. The van der Waals surface area contributed by atoms with Crippen LogP contribution in [-0.2, 0) is 6.54 Å². The van der Waals surface area contributed by atoms with Crippen LogP contribution in [0.2, 0.25) is 0 Å². The smallest absolute Gasteiger partial charge is 0.277 e. The third kappa shape index (κ3) is 2.66. The largest absolute Gasteiger partial charge is 0.295 e. The van der Waals surface area contributed by atoms with Gasteiger partial charge in [-0.3, -0.25) is 14.4 Å². The van der Waals surface area contributed by atoms with Gasteiger partial charge in [-0.1, -0.05) is 0 Å². The number of hydrogen-bond acceptors (Lipinski definition) is 3. The van der Waals surface area contributed by atoms with Crippen molar-refractivity contribution in [1.82, 2.24) is 14.8 Å². The summed E-state index contributed by atoms with van der Waals surface area (Å²) in [5, 5.41) is 4.49. The van der Waals surface area contributed by atoms with Crippen LogP contribution in [0.3, 0.4) is 0 Å². The molecule has 110 valence electrons. The van der Waals surface area contributed by atoms with Crippen molar-refractivity contribution in [2.75, 3.05) is 11.9 Å². The van der Waals surface area contributed by atoms with Crippen molar-refractivity contribution < 1.29 is 9.18 Å². The van der Waals surface area contributed by atoms with Crippen molar-refractivity contribution in [2.24, 2.45) is 0 Å². The Bertz CT molecular complexity index is 661. The molecule has 0 atom stereocenters. The Morgan fingerprint density at radius 2 is 2.24 bits per heavy atom. The molecule has 1 saturated carbocycles. The summed E-state index contributed by atoms with van der Waals surface area (Å²) in [6.45, 7) is 2.59. The number of aryl methyl sites for hydroxylation is 1. The molecular weight excluding hydrogens is 271 g/mol. The van der Waals surface area contributed by atoms with E-state index in [9.17, 15) is 9.18 Å². The minimum atomic E-state index is -0.422. The SMILES string of the molecule is CCn1nc(C2CC2)cc1C(=O)N(C)c1ccc(F)cn1. The number of hydrogen-bond donors (Lipinski definition) is 0. The maximum atomic E-state index is 12.9. The van der Waals surface area contributed by atoms with Crippen LogP contribution in [-0.4, -0.2) is 27.7 Å². The van der Waals surface area contributed by atoms with Gasteiger partial charge in [0.15, 0.2) is 0 Å². The van der Waals surface area contributed by atoms with Gasteiger partial charge in [-0.05, 0) is 38.0 Å².